The van der Waals surface area contributed by atoms with Crippen molar-refractivity contribution < 1.29 is 28.6 Å². The molecule has 52 heavy (non-hydrogen) atoms. The van der Waals surface area contributed by atoms with Crippen molar-refractivity contribution in [2.45, 2.75) is 200 Å². The van der Waals surface area contributed by atoms with Crippen molar-refractivity contribution in [3.63, 3.8) is 0 Å². The normalized spacial score (nSPS) is 12.6. The van der Waals surface area contributed by atoms with Gasteiger partial charge in [-0.3, -0.25) is 14.4 Å². The highest BCUT2D eigenvalue weighted by Gasteiger charge is 2.19. The Labute approximate surface area is 320 Å². The van der Waals surface area contributed by atoms with Crippen LogP contribution in [0.5, 0.6) is 0 Å². The van der Waals surface area contributed by atoms with E-state index in [9.17, 15) is 14.4 Å². The first-order valence-electron chi connectivity index (χ1n) is 21.3. The van der Waals surface area contributed by atoms with Crippen LogP contribution in [0.4, 0.5) is 0 Å². The van der Waals surface area contributed by atoms with Gasteiger partial charge in [0.05, 0.1) is 0 Å². The lowest BCUT2D eigenvalue weighted by molar-refractivity contribution is -0.167. The Morgan fingerprint density at radius 3 is 1.31 bits per heavy atom. The van der Waals surface area contributed by atoms with E-state index in [0.717, 1.165) is 89.9 Å². The van der Waals surface area contributed by atoms with Crippen molar-refractivity contribution in [1.29, 1.82) is 0 Å². The highest BCUT2D eigenvalue weighted by molar-refractivity contribution is 5.71. The highest BCUT2D eigenvalue weighted by Crippen LogP contribution is 2.13. The smallest absolute Gasteiger partial charge is 0.306 e. The number of carbonyl (C=O) groups is 3. The second-order valence-corrected chi connectivity index (χ2v) is 14.0. The Morgan fingerprint density at radius 2 is 0.788 bits per heavy atom. The van der Waals surface area contributed by atoms with Crippen molar-refractivity contribution in [2.75, 3.05) is 13.2 Å². The number of hydrogen-bond acceptors (Lipinski definition) is 6. The van der Waals surface area contributed by atoms with Crippen molar-refractivity contribution in [3.8, 4) is 0 Å². The van der Waals surface area contributed by atoms with Gasteiger partial charge in [0, 0.05) is 19.3 Å². The van der Waals surface area contributed by atoms with E-state index in [2.05, 4.69) is 45.1 Å². The lowest BCUT2D eigenvalue weighted by atomic mass is 10.1. The Bertz CT molecular complexity index is 975. The summed E-state index contributed by atoms with van der Waals surface area (Å²) in [5, 5.41) is 0. The van der Waals surface area contributed by atoms with E-state index >= 15 is 0 Å². The summed E-state index contributed by atoms with van der Waals surface area (Å²) in [6, 6.07) is 0. The first-order chi connectivity index (χ1) is 25.5. The molecular formula is C46H78O6. The monoisotopic (exact) mass is 727 g/mol. The minimum atomic E-state index is -0.789. The number of hydrogen-bond donors (Lipinski definition) is 0. The standard InChI is InChI=1S/C46H78O6/c1-4-7-10-13-16-19-22-23-25-27-30-33-36-39-45(48)51-42-43(41-50-44(47)38-35-32-29-26-21-18-15-12-9-6-3)52-46(49)40-37-34-31-28-24-20-17-14-11-8-5-2/h7,10,13,15-16,18-19,22-23,25,43H,4-6,8-9,11-12,14,17,20-21,24,26-42H2,1-3H3/b10-7-,16-13-,18-15-,22-19-,25-23-. The first kappa shape index (κ1) is 49.1. The van der Waals surface area contributed by atoms with Crippen LogP contribution in [-0.4, -0.2) is 37.2 Å². The van der Waals surface area contributed by atoms with Crippen LogP contribution in [-0.2, 0) is 28.6 Å². The molecule has 0 aromatic carbocycles. The summed E-state index contributed by atoms with van der Waals surface area (Å²) < 4.78 is 16.6. The average molecular weight is 727 g/mol. The predicted molar refractivity (Wildman–Crippen MR) is 219 cm³/mol. The molecule has 0 aliphatic carbocycles. The lowest BCUT2D eigenvalue weighted by Crippen LogP contribution is -2.30. The minimum Gasteiger partial charge on any atom is -0.462 e. The molecular weight excluding hydrogens is 648 g/mol. The first-order valence-corrected chi connectivity index (χ1v) is 21.3. The second kappa shape index (κ2) is 40.9. The van der Waals surface area contributed by atoms with E-state index in [1.807, 2.05) is 36.5 Å². The molecule has 0 rings (SSSR count). The third-order valence-corrected chi connectivity index (χ3v) is 8.85. The summed E-state index contributed by atoms with van der Waals surface area (Å²) in [6.07, 6.45) is 47.7. The summed E-state index contributed by atoms with van der Waals surface area (Å²) in [5.74, 6) is -0.952. The van der Waals surface area contributed by atoms with Crippen LogP contribution < -0.4 is 0 Å². The van der Waals surface area contributed by atoms with Gasteiger partial charge in [0.2, 0.25) is 0 Å². The molecule has 0 N–H and O–H groups in total. The van der Waals surface area contributed by atoms with Crippen molar-refractivity contribution in [1.82, 2.24) is 0 Å². The molecule has 1 atom stereocenters. The molecule has 0 saturated heterocycles. The van der Waals surface area contributed by atoms with Gasteiger partial charge in [-0.05, 0) is 57.8 Å². The number of rotatable bonds is 37. The molecule has 0 fully saturated rings. The predicted octanol–water partition coefficient (Wildman–Crippen LogP) is 13.4. The fraction of sp³-hybridized carbons (Fsp3) is 0.717. The van der Waals surface area contributed by atoms with Crippen LogP contribution in [0.2, 0.25) is 0 Å². The minimum absolute atomic E-state index is 0.0926. The molecule has 6 nitrogen and oxygen atoms in total. The quantitative estimate of drug-likeness (QED) is 0.0208. The SMILES string of the molecule is CC\C=C/C=C\C=C/C=C\CCCCCC(=O)OCC(COC(=O)CCCCCC/C=C\CCCC)OC(=O)CCCCCCCCCCCCC. The molecule has 6 heteroatoms. The fourth-order valence-corrected chi connectivity index (χ4v) is 5.61. The Balaban J connectivity index is 4.46. The van der Waals surface area contributed by atoms with Gasteiger partial charge in [0.25, 0.3) is 0 Å². The summed E-state index contributed by atoms with van der Waals surface area (Å²) in [5.41, 5.74) is 0. The molecule has 0 amide bonds. The summed E-state index contributed by atoms with van der Waals surface area (Å²) in [6.45, 7) is 6.37. The third kappa shape index (κ3) is 38.3. The zero-order valence-electron chi connectivity index (χ0n) is 33.8. The van der Waals surface area contributed by atoms with Crippen LogP contribution in [0.15, 0.2) is 60.8 Å². The number of ether oxygens (including phenoxy) is 3. The number of allylic oxidation sites excluding steroid dienone is 10. The molecule has 0 bridgehead atoms. The van der Waals surface area contributed by atoms with Gasteiger partial charge < -0.3 is 14.2 Å². The van der Waals surface area contributed by atoms with E-state index < -0.39 is 6.10 Å². The van der Waals surface area contributed by atoms with E-state index in [1.54, 1.807) is 0 Å². The van der Waals surface area contributed by atoms with Crippen molar-refractivity contribution in [3.05, 3.63) is 60.8 Å². The fourth-order valence-electron chi connectivity index (χ4n) is 5.61. The topological polar surface area (TPSA) is 78.9 Å². The van der Waals surface area contributed by atoms with Gasteiger partial charge in [-0.1, -0.05) is 178 Å². The molecule has 0 saturated carbocycles. The average Bonchev–Trinajstić information content (AvgIpc) is 3.14. The van der Waals surface area contributed by atoms with Gasteiger partial charge in [0.15, 0.2) is 6.10 Å². The van der Waals surface area contributed by atoms with E-state index in [0.29, 0.717) is 19.3 Å². The zero-order chi connectivity index (χ0) is 38.0. The Hall–Kier alpha value is -2.89. The summed E-state index contributed by atoms with van der Waals surface area (Å²) in [7, 11) is 0. The third-order valence-electron chi connectivity index (χ3n) is 8.85. The van der Waals surface area contributed by atoms with E-state index in [4.69, 9.17) is 14.2 Å². The van der Waals surface area contributed by atoms with Crippen LogP contribution in [0.1, 0.15) is 194 Å². The molecule has 0 aromatic heterocycles. The van der Waals surface area contributed by atoms with Crippen molar-refractivity contribution >= 4 is 17.9 Å². The van der Waals surface area contributed by atoms with Crippen LogP contribution >= 0.6 is 0 Å². The molecule has 0 heterocycles. The second-order valence-electron chi connectivity index (χ2n) is 14.0. The number of carbonyl (C=O) groups excluding carboxylic acids is 3. The molecule has 0 spiro atoms. The van der Waals surface area contributed by atoms with Gasteiger partial charge in [0.1, 0.15) is 13.2 Å². The highest BCUT2D eigenvalue weighted by atomic mass is 16.6. The molecule has 0 aliphatic heterocycles. The van der Waals surface area contributed by atoms with E-state index in [-0.39, 0.29) is 31.1 Å². The lowest BCUT2D eigenvalue weighted by Gasteiger charge is -2.18. The van der Waals surface area contributed by atoms with E-state index in [1.165, 1.54) is 64.2 Å². The number of unbranched alkanes of at least 4 members (excludes halogenated alkanes) is 19. The van der Waals surface area contributed by atoms with Gasteiger partial charge in [-0.15, -0.1) is 0 Å². The molecule has 0 radical (unpaired) electrons. The molecule has 0 aromatic rings. The Morgan fingerprint density at radius 1 is 0.404 bits per heavy atom. The maximum Gasteiger partial charge on any atom is 0.306 e. The molecule has 298 valence electrons. The molecule has 0 aliphatic rings. The van der Waals surface area contributed by atoms with Crippen LogP contribution in [0.25, 0.3) is 0 Å². The Kier molecular flexibility index (Phi) is 38.6. The largest absolute Gasteiger partial charge is 0.462 e. The van der Waals surface area contributed by atoms with Crippen LogP contribution in [0.3, 0.4) is 0 Å². The zero-order valence-corrected chi connectivity index (χ0v) is 33.8. The van der Waals surface area contributed by atoms with Crippen molar-refractivity contribution in [2.24, 2.45) is 0 Å². The van der Waals surface area contributed by atoms with Crippen LogP contribution in [0, 0.1) is 0 Å². The maximum atomic E-state index is 12.7. The number of esters is 3. The van der Waals surface area contributed by atoms with Gasteiger partial charge in [-0.25, -0.2) is 0 Å². The summed E-state index contributed by atoms with van der Waals surface area (Å²) >= 11 is 0. The van der Waals surface area contributed by atoms with Gasteiger partial charge in [-0.2, -0.15) is 0 Å². The summed E-state index contributed by atoms with van der Waals surface area (Å²) in [4.78, 5) is 37.6. The molecule has 1 unspecified atom stereocenters. The maximum absolute atomic E-state index is 12.7. The van der Waals surface area contributed by atoms with Gasteiger partial charge >= 0.3 is 17.9 Å².